The Kier molecular flexibility index (Phi) is 5.71. The van der Waals surface area contributed by atoms with Crippen molar-refractivity contribution in [1.82, 2.24) is 0 Å². The first-order chi connectivity index (χ1) is 11.9. The number of amides is 1. The van der Waals surface area contributed by atoms with Gasteiger partial charge in [0.15, 0.2) is 0 Å². The van der Waals surface area contributed by atoms with E-state index in [1.165, 1.54) is 12.1 Å². The molecule has 1 amide bonds. The average molecular weight is 384 g/mol. The van der Waals surface area contributed by atoms with Crippen molar-refractivity contribution in [3.05, 3.63) is 69.7 Å². The van der Waals surface area contributed by atoms with Crippen molar-refractivity contribution in [2.75, 3.05) is 0 Å². The average Bonchev–Trinajstić information content (AvgIpc) is 2.51. The minimum atomic E-state index is -4.48. The Morgan fingerprint density at radius 2 is 1.73 bits per heavy atom. The van der Waals surface area contributed by atoms with Crippen LogP contribution in [0, 0.1) is 0 Å². The summed E-state index contributed by atoms with van der Waals surface area (Å²) >= 11 is 6.34. The maximum atomic E-state index is 12.9. The van der Waals surface area contributed by atoms with Gasteiger partial charge >= 0.3 is 6.18 Å². The summed E-state index contributed by atoms with van der Waals surface area (Å²) in [4.78, 5) is 11.9. The summed E-state index contributed by atoms with van der Waals surface area (Å²) in [5.41, 5.74) is 6.48. The number of benzene rings is 2. The summed E-state index contributed by atoms with van der Waals surface area (Å²) in [6.07, 6.45) is -4.34. The Hall–Kier alpha value is -2.01. The first kappa shape index (κ1) is 20.3. The molecular formula is C20H21ClF3NO. The summed E-state index contributed by atoms with van der Waals surface area (Å²) < 4.78 is 38.8. The maximum absolute atomic E-state index is 12.9. The molecule has 1 unspecified atom stereocenters. The Bertz CT molecular complexity index is 809. The Balaban J connectivity index is 2.37. The number of halogens is 4. The van der Waals surface area contributed by atoms with E-state index in [1.54, 1.807) is 6.07 Å². The molecule has 0 saturated carbocycles. The summed E-state index contributed by atoms with van der Waals surface area (Å²) in [5, 5.41) is 0.468. The van der Waals surface area contributed by atoms with E-state index < -0.39 is 23.6 Å². The van der Waals surface area contributed by atoms with E-state index in [4.69, 9.17) is 17.3 Å². The first-order valence-electron chi connectivity index (χ1n) is 8.15. The van der Waals surface area contributed by atoms with Crippen molar-refractivity contribution in [3.8, 4) is 0 Å². The summed E-state index contributed by atoms with van der Waals surface area (Å²) in [5.74, 6) is -1.59. The second kappa shape index (κ2) is 7.31. The van der Waals surface area contributed by atoms with E-state index in [0.717, 1.165) is 17.7 Å². The molecule has 0 heterocycles. The van der Waals surface area contributed by atoms with Crippen molar-refractivity contribution in [1.29, 1.82) is 0 Å². The van der Waals surface area contributed by atoms with E-state index >= 15 is 0 Å². The van der Waals surface area contributed by atoms with Crippen LogP contribution in [0.25, 0.3) is 0 Å². The van der Waals surface area contributed by atoms with Crippen molar-refractivity contribution in [2.24, 2.45) is 5.73 Å². The van der Waals surface area contributed by atoms with Gasteiger partial charge in [-0.15, -0.1) is 0 Å². The predicted octanol–water partition coefficient (Wildman–Crippen LogP) is 5.47. The van der Waals surface area contributed by atoms with Gasteiger partial charge in [0.05, 0.1) is 11.5 Å². The fourth-order valence-electron chi connectivity index (χ4n) is 2.71. The van der Waals surface area contributed by atoms with Crippen LogP contribution in [0.4, 0.5) is 13.2 Å². The van der Waals surface area contributed by atoms with Gasteiger partial charge in [0.2, 0.25) is 5.91 Å². The molecule has 2 nitrogen and oxygen atoms in total. The van der Waals surface area contributed by atoms with E-state index in [-0.39, 0.29) is 17.4 Å². The second-order valence-electron chi connectivity index (χ2n) is 7.34. The van der Waals surface area contributed by atoms with Crippen LogP contribution in [0.3, 0.4) is 0 Å². The van der Waals surface area contributed by atoms with Gasteiger partial charge in [-0.1, -0.05) is 62.7 Å². The molecule has 0 radical (unpaired) electrons. The quantitative estimate of drug-likeness (QED) is 0.747. The fourth-order valence-corrected chi connectivity index (χ4v) is 2.97. The van der Waals surface area contributed by atoms with Crippen molar-refractivity contribution < 1.29 is 18.0 Å². The second-order valence-corrected chi connectivity index (χ2v) is 7.75. The van der Waals surface area contributed by atoms with E-state index in [0.29, 0.717) is 10.6 Å². The number of alkyl halides is 3. The van der Waals surface area contributed by atoms with Gasteiger partial charge in [-0.3, -0.25) is 4.79 Å². The van der Waals surface area contributed by atoms with Gasteiger partial charge in [-0.05, 0) is 40.7 Å². The molecule has 0 aliphatic carbocycles. The minimum absolute atomic E-state index is 0.0910. The summed E-state index contributed by atoms with van der Waals surface area (Å²) in [7, 11) is 0. The molecular weight excluding hydrogens is 363 g/mol. The van der Waals surface area contributed by atoms with Crippen LogP contribution in [0.1, 0.15) is 48.9 Å². The molecule has 0 aromatic heterocycles. The van der Waals surface area contributed by atoms with E-state index in [2.05, 4.69) is 0 Å². The third-order valence-electron chi connectivity index (χ3n) is 4.30. The highest BCUT2D eigenvalue weighted by molar-refractivity contribution is 6.31. The number of rotatable bonds is 4. The number of carbonyl (C=O) groups excluding carboxylic acids is 1. The molecule has 2 N–H and O–H groups in total. The molecule has 0 saturated heterocycles. The van der Waals surface area contributed by atoms with Gasteiger partial charge in [0.25, 0.3) is 0 Å². The van der Waals surface area contributed by atoms with Crippen LogP contribution in [0.15, 0.2) is 42.5 Å². The lowest BCUT2D eigenvalue weighted by Crippen LogP contribution is -2.24. The van der Waals surface area contributed by atoms with Gasteiger partial charge in [-0.2, -0.15) is 13.2 Å². The lowest BCUT2D eigenvalue weighted by Gasteiger charge is -2.21. The number of hydrogen-bond acceptors (Lipinski definition) is 1. The lowest BCUT2D eigenvalue weighted by atomic mass is 9.85. The molecule has 6 heteroatoms. The topological polar surface area (TPSA) is 43.1 Å². The van der Waals surface area contributed by atoms with Gasteiger partial charge in [0, 0.05) is 5.02 Å². The SMILES string of the molecule is CC(C)(C)c1ccc(CC(C(N)=O)c2cccc(C(F)(F)F)c2)c(Cl)c1. The zero-order valence-electron chi connectivity index (χ0n) is 14.8. The zero-order chi connectivity index (χ0) is 19.7. The van der Waals surface area contributed by atoms with Crippen LogP contribution < -0.4 is 5.73 Å². The third kappa shape index (κ3) is 4.79. The molecule has 0 fully saturated rings. The Morgan fingerprint density at radius 3 is 2.23 bits per heavy atom. The highest BCUT2D eigenvalue weighted by Crippen LogP contribution is 2.33. The van der Waals surface area contributed by atoms with Gasteiger partial charge in [-0.25, -0.2) is 0 Å². The minimum Gasteiger partial charge on any atom is -0.369 e. The van der Waals surface area contributed by atoms with Crippen LogP contribution in [-0.4, -0.2) is 5.91 Å². The fraction of sp³-hybridized carbons (Fsp3) is 0.350. The molecule has 2 aromatic carbocycles. The first-order valence-corrected chi connectivity index (χ1v) is 8.53. The number of hydrogen-bond donors (Lipinski definition) is 1. The molecule has 1 atom stereocenters. The summed E-state index contributed by atoms with van der Waals surface area (Å²) in [6, 6.07) is 10.2. The Morgan fingerprint density at radius 1 is 1.08 bits per heavy atom. The number of nitrogens with two attached hydrogens (primary N) is 1. The summed E-state index contributed by atoms with van der Waals surface area (Å²) in [6.45, 7) is 6.15. The van der Waals surface area contributed by atoms with Crippen molar-refractivity contribution >= 4 is 17.5 Å². The van der Waals surface area contributed by atoms with Gasteiger partial charge in [0.1, 0.15) is 0 Å². The normalized spacial score (nSPS) is 13.5. The molecule has 0 spiro atoms. The van der Waals surface area contributed by atoms with Crippen LogP contribution >= 0.6 is 11.6 Å². The van der Waals surface area contributed by atoms with Crippen molar-refractivity contribution in [2.45, 2.75) is 44.7 Å². The smallest absolute Gasteiger partial charge is 0.369 e. The zero-order valence-corrected chi connectivity index (χ0v) is 15.6. The molecule has 26 heavy (non-hydrogen) atoms. The number of carbonyl (C=O) groups is 1. The number of primary amides is 1. The molecule has 0 bridgehead atoms. The van der Waals surface area contributed by atoms with Gasteiger partial charge < -0.3 is 5.73 Å². The van der Waals surface area contributed by atoms with Crippen LogP contribution in [0.5, 0.6) is 0 Å². The third-order valence-corrected chi connectivity index (χ3v) is 4.65. The monoisotopic (exact) mass is 383 g/mol. The highest BCUT2D eigenvalue weighted by Gasteiger charge is 2.31. The highest BCUT2D eigenvalue weighted by atomic mass is 35.5. The molecule has 2 aromatic rings. The van der Waals surface area contributed by atoms with E-state index in [1.807, 2.05) is 32.9 Å². The molecule has 140 valence electrons. The maximum Gasteiger partial charge on any atom is 0.416 e. The molecule has 0 aliphatic heterocycles. The molecule has 0 aliphatic rings. The Labute approximate surface area is 156 Å². The van der Waals surface area contributed by atoms with Crippen LogP contribution in [0.2, 0.25) is 5.02 Å². The lowest BCUT2D eigenvalue weighted by molar-refractivity contribution is -0.137. The molecule has 2 rings (SSSR count). The largest absolute Gasteiger partial charge is 0.416 e. The van der Waals surface area contributed by atoms with Crippen molar-refractivity contribution in [3.63, 3.8) is 0 Å². The van der Waals surface area contributed by atoms with E-state index in [9.17, 15) is 18.0 Å². The predicted molar refractivity (Wildman–Crippen MR) is 97.2 cm³/mol. The van der Waals surface area contributed by atoms with Crippen LogP contribution in [-0.2, 0) is 22.8 Å². The standard InChI is InChI=1S/C20H21ClF3NO/c1-19(2,3)14-8-7-13(17(21)11-14)10-16(18(25)26)12-5-4-6-15(9-12)20(22,23)24/h4-9,11,16H,10H2,1-3H3,(H2,25,26).